The molecule has 6 nitrogen and oxygen atoms in total. The molecule has 1 fully saturated rings. The van der Waals surface area contributed by atoms with Gasteiger partial charge in [-0.25, -0.2) is 4.98 Å². The highest BCUT2D eigenvalue weighted by atomic mass is 32.1. The first kappa shape index (κ1) is 21.2. The van der Waals surface area contributed by atoms with E-state index in [-0.39, 0.29) is 0 Å². The van der Waals surface area contributed by atoms with Crippen LogP contribution in [0.5, 0.6) is 11.5 Å². The molecular formula is C22H27N3O3S. The van der Waals surface area contributed by atoms with Crippen LogP contribution in [0.2, 0.25) is 0 Å². The summed E-state index contributed by atoms with van der Waals surface area (Å²) in [6.45, 7) is 3.11. The van der Waals surface area contributed by atoms with Gasteiger partial charge in [0.1, 0.15) is 11.3 Å². The molecule has 1 aromatic heterocycles. The maximum absolute atomic E-state index is 10.4. The molecule has 7 heteroatoms. The van der Waals surface area contributed by atoms with E-state index in [0.29, 0.717) is 23.1 Å². The van der Waals surface area contributed by atoms with Crippen LogP contribution in [0.4, 0.5) is 0 Å². The molecule has 1 aliphatic rings. The molecule has 0 amide bonds. The molecule has 0 aliphatic carbocycles. The third-order valence-corrected chi connectivity index (χ3v) is 5.75. The Morgan fingerprint density at radius 3 is 2.72 bits per heavy atom. The van der Waals surface area contributed by atoms with E-state index >= 15 is 0 Å². The lowest BCUT2D eigenvalue weighted by Crippen LogP contribution is -2.33. The first-order valence-corrected chi connectivity index (χ1v) is 10.5. The lowest BCUT2D eigenvalue weighted by Gasteiger charge is -2.09. The first-order valence-electron chi connectivity index (χ1n) is 9.69. The number of carbonyl (C=O) groups excluding carboxylic acids is 1. The van der Waals surface area contributed by atoms with Gasteiger partial charge in [-0.05, 0) is 49.7 Å². The highest BCUT2D eigenvalue weighted by Crippen LogP contribution is 2.26. The van der Waals surface area contributed by atoms with Gasteiger partial charge in [0, 0.05) is 24.7 Å². The molecule has 0 spiro atoms. The first-order chi connectivity index (χ1) is 14.2. The fraction of sp³-hybridized carbons (Fsp3) is 0.364. The summed E-state index contributed by atoms with van der Waals surface area (Å²) in [6, 6.07) is 14.0. The van der Waals surface area contributed by atoms with Gasteiger partial charge in [0.25, 0.3) is 0 Å². The van der Waals surface area contributed by atoms with Crippen LogP contribution in [0.3, 0.4) is 0 Å². The maximum atomic E-state index is 10.4. The Kier molecular flexibility index (Phi) is 7.98. The topological polar surface area (TPSA) is 72.5 Å². The number of thiazole rings is 1. The predicted octanol–water partition coefficient (Wildman–Crippen LogP) is 3.65. The minimum absolute atomic E-state index is 0.571. The van der Waals surface area contributed by atoms with Crippen molar-refractivity contribution in [3.63, 3.8) is 0 Å². The van der Waals surface area contributed by atoms with Gasteiger partial charge in [0.05, 0.1) is 24.4 Å². The zero-order valence-corrected chi connectivity index (χ0v) is 17.6. The van der Waals surface area contributed by atoms with Crippen molar-refractivity contribution < 1.29 is 14.3 Å². The van der Waals surface area contributed by atoms with Crippen molar-refractivity contribution in [1.82, 2.24) is 15.6 Å². The molecule has 3 aromatic rings. The van der Waals surface area contributed by atoms with E-state index in [4.69, 9.17) is 9.47 Å². The third kappa shape index (κ3) is 6.00. The number of hydrogen-bond acceptors (Lipinski definition) is 7. The molecule has 0 radical (unpaired) electrons. The maximum Gasteiger partial charge on any atom is 0.161 e. The molecular weight excluding hydrogens is 386 g/mol. The average molecular weight is 414 g/mol. The summed E-state index contributed by atoms with van der Waals surface area (Å²) < 4.78 is 11.3. The molecule has 1 saturated heterocycles. The van der Waals surface area contributed by atoms with Crippen LogP contribution in [-0.2, 0) is 6.54 Å². The Morgan fingerprint density at radius 2 is 2.03 bits per heavy atom. The van der Waals surface area contributed by atoms with Crippen LogP contribution in [0.1, 0.15) is 28.2 Å². The largest absolute Gasteiger partial charge is 0.493 e. The Hall–Kier alpha value is -2.48. The highest BCUT2D eigenvalue weighted by Gasteiger charge is 2.13. The van der Waals surface area contributed by atoms with Gasteiger partial charge in [0.15, 0.2) is 11.5 Å². The number of nitrogens with zero attached hydrogens (tertiary/aromatic N) is 1. The van der Waals surface area contributed by atoms with Gasteiger partial charge in [-0.15, -0.1) is 11.3 Å². The molecule has 4 rings (SSSR count). The Bertz CT molecular complexity index is 890. The third-order valence-electron chi connectivity index (χ3n) is 4.71. The van der Waals surface area contributed by atoms with Crippen molar-refractivity contribution in [2.45, 2.75) is 25.4 Å². The summed E-state index contributed by atoms with van der Waals surface area (Å²) in [6.07, 6.45) is 3.38. The minimum atomic E-state index is 0.571. The number of aromatic nitrogens is 1. The average Bonchev–Trinajstić information content (AvgIpc) is 3.43. The number of benzene rings is 2. The second-order valence-corrected chi connectivity index (χ2v) is 7.85. The number of carbonyl (C=O) groups is 1. The number of rotatable bonds is 7. The molecule has 2 heterocycles. The molecule has 154 valence electrons. The summed E-state index contributed by atoms with van der Waals surface area (Å²) in [4.78, 5) is 15.0. The van der Waals surface area contributed by atoms with E-state index in [1.807, 2.05) is 6.07 Å². The van der Waals surface area contributed by atoms with Crippen molar-refractivity contribution in [1.29, 1.82) is 0 Å². The lowest BCUT2D eigenvalue weighted by molar-refractivity contribution is 0.112. The van der Waals surface area contributed by atoms with Gasteiger partial charge >= 0.3 is 0 Å². The van der Waals surface area contributed by atoms with Crippen LogP contribution in [0.15, 0.2) is 42.5 Å². The van der Waals surface area contributed by atoms with E-state index in [9.17, 15) is 4.79 Å². The van der Waals surface area contributed by atoms with Crippen molar-refractivity contribution in [3.8, 4) is 11.5 Å². The quantitative estimate of drug-likeness (QED) is 0.576. The summed E-state index contributed by atoms with van der Waals surface area (Å²) in [5.41, 5.74) is 1.70. The second kappa shape index (κ2) is 10.9. The van der Waals surface area contributed by atoms with Crippen molar-refractivity contribution in [3.05, 3.63) is 53.0 Å². The van der Waals surface area contributed by atoms with E-state index in [0.717, 1.165) is 24.9 Å². The van der Waals surface area contributed by atoms with Gasteiger partial charge in [-0.1, -0.05) is 12.1 Å². The minimum Gasteiger partial charge on any atom is -0.493 e. The number of nitrogens with one attached hydrogen (secondary N) is 2. The van der Waals surface area contributed by atoms with E-state index in [2.05, 4.69) is 33.8 Å². The second-order valence-electron chi connectivity index (χ2n) is 6.73. The molecule has 2 N–H and O–H groups in total. The standard InChI is InChI=1S/C13H17N3S.C9H10O3/c1-2-6-12-11(5-1)16-13(17-12)9-14-8-10-4-3-7-15-10;1-11-8-4-3-7(6-10)5-9(8)12-2/h1-2,5-6,10,14-15H,3-4,7-9H2;3-6H,1-2H3/t10-;/m0./s1. The molecule has 1 atom stereocenters. The fourth-order valence-electron chi connectivity index (χ4n) is 3.21. The van der Waals surface area contributed by atoms with Crippen LogP contribution in [-0.4, -0.2) is 44.6 Å². The molecule has 0 unspecified atom stereocenters. The summed E-state index contributed by atoms with van der Waals surface area (Å²) in [7, 11) is 3.09. The van der Waals surface area contributed by atoms with E-state index in [1.165, 1.54) is 36.2 Å². The SMILES string of the molecule is COc1ccc(C=O)cc1OC.c1ccc2sc(CNC[C@@H]3CCCN3)nc2c1. The van der Waals surface area contributed by atoms with Gasteiger partial charge in [-0.2, -0.15) is 0 Å². The normalized spacial score (nSPS) is 15.6. The van der Waals surface area contributed by atoms with Gasteiger partial charge in [-0.3, -0.25) is 4.79 Å². The molecule has 0 saturated carbocycles. The zero-order chi connectivity index (χ0) is 20.5. The van der Waals surface area contributed by atoms with Crippen LogP contribution < -0.4 is 20.1 Å². The molecule has 1 aliphatic heterocycles. The molecule has 29 heavy (non-hydrogen) atoms. The number of aldehydes is 1. The summed E-state index contributed by atoms with van der Waals surface area (Å²) in [5.74, 6) is 1.20. The summed E-state index contributed by atoms with van der Waals surface area (Å²) in [5, 5.41) is 8.16. The fourth-order valence-corrected chi connectivity index (χ4v) is 4.14. The number of ether oxygens (including phenoxy) is 2. The van der Waals surface area contributed by atoms with Gasteiger partial charge in [0.2, 0.25) is 0 Å². The zero-order valence-electron chi connectivity index (χ0n) is 16.8. The number of hydrogen-bond donors (Lipinski definition) is 2. The monoisotopic (exact) mass is 413 g/mol. The number of fused-ring (bicyclic) bond motifs is 1. The van der Waals surface area contributed by atoms with Crippen LogP contribution in [0.25, 0.3) is 10.2 Å². The Labute approximate surface area is 175 Å². The van der Waals surface area contributed by atoms with Crippen molar-refractivity contribution in [2.24, 2.45) is 0 Å². The number of para-hydroxylation sites is 1. The van der Waals surface area contributed by atoms with Crippen molar-refractivity contribution >= 4 is 27.8 Å². The molecule has 0 bridgehead atoms. The number of methoxy groups -OCH3 is 2. The molecule has 2 aromatic carbocycles. The van der Waals surface area contributed by atoms with Crippen LogP contribution in [0, 0.1) is 0 Å². The van der Waals surface area contributed by atoms with E-state index < -0.39 is 0 Å². The predicted molar refractivity (Wildman–Crippen MR) is 117 cm³/mol. The van der Waals surface area contributed by atoms with Gasteiger partial charge < -0.3 is 20.1 Å². The Balaban J connectivity index is 0.000000177. The lowest BCUT2D eigenvalue weighted by atomic mass is 10.2. The van der Waals surface area contributed by atoms with Crippen LogP contribution >= 0.6 is 11.3 Å². The highest BCUT2D eigenvalue weighted by molar-refractivity contribution is 7.18. The van der Waals surface area contributed by atoms with Crippen molar-refractivity contribution in [2.75, 3.05) is 27.3 Å². The van der Waals surface area contributed by atoms with E-state index in [1.54, 1.807) is 36.6 Å². The summed E-state index contributed by atoms with van der Waals surface area (Å²) >= 11 is 1.79. The smallest absolute Gasteiger partial charge is 0.161 e. The Morgan fingerprint density at radius 1 is 1.21 bits per heavy atom.